The molecule has 5 atom stereocenters. The molecule has 0 spiro atoms. The molecule has 0 aromatic heterocycles. The molecule has 70 valence electrons. The molecule has 0 amide bonds. The summed E-state index contributed by atoms with van der Waals surface area (Å²) in [5.74, 6) is -0.321. The highest BCUT2D eigenvalue weighted by molar-refractivity contribution is 7.80. The van der Waals surface area contributed by atoms with Gasteiger partial charge in [-0.15, -0.1) is 12.6 Å². The van der Waals surface area contributed by atoms with Crippen LogP contribution in [0.5, 0.6) is 0 Å². The van der Waals surface area contributed by atoms with Gasteiger partial charge in [0.2, 0.25) is 0 Å². The summed E-state index contributed by atoms with van der Waals surface area (Å²) in [5, 5.41) is 27.6. The Bertz CT molecular complexity index is 154. The van der Waals surface area contributed by atoms with E-state index >= 15 is 0 Å². The molecule has 2 unspecified atom stereocenters. The molecule has 1 aliphatic heterocycles. The number of hydrogen-bond acceptors (Lipinski definition) is 5. The zero-order valence-electron chi connectivity index (χ0n) is 6.79. The fourth-order valence-corrected chi connectivity index (χ4v) is 1.72. The van der Waals surface area contributed by atoms with Crippen LogP contribution in [-0.4, -0.2) is 53.5 Å². The molecule has 12 heavy (non-hydrogen) atoms. The van der Waals surface area contributed by atoms with Gasteiger partial charge in [-0.2, -0.15) is 0 Å². The lowest BCUT2D eigenvalue weighted by molar-refractivity contribution is -0.148. The monoisotopic (exact) mass is 192 g/mol. The molecular weight excluding hydrogens is 179 g/mol. The van der Waals surface area contributed by atoms with Crippen molar-refractivity contribution in [3.63, 3.8) is 0 Å². The van der Waals surface area contributed by atoms with E-state index in [-0.39, 0.29) is 12.4 Å². The van der Waals surface area contributed by atoms with Crippen molar-refractivity contribution in [3.8, 4) is 0 Å². The topological polar surface area (TPSA) is 69.9 Å². The van der Waals surface area contributed by atoms with Crippen LogP contribution in [0.25, 0.3) is 0 Å². The molecule has 6 heteroatoms. The van der Waals surface area contributed by atoms with Crippen molar-refractivity contribution < 1.29 is 20.1 Å². The van der Waals surface area contributed by atoms with Crippen molar-refractivity contribution >= 4 is 20.5 Å². The Hall–Kier alpha value is 0.255. The van der Waals surface area contributed by atoms with Crippen molar-refractivity contribution in [2.75, 3.05) is 6.61 Å². The van der Waals surface area contributed by atoms with Crippen LogP contribution in [0.1, 0.15) is 0 Å². The molecule has 0 aromatic carbocycles. The molecule has 1 aliphatic rings. The van der Waals surface area contributed by atoms with Crippen molar-refractivity contribution in [1.29, 1.82) is 0 Å². The van der Waals surface area contributed by atoms with Crippen LogP contribution in [-0.2, 0) is 4.74 Å². The maximum Gasteiger partial charge on any atom is 0.126 e. The Morgan fingerprint density at radius 3 is 2.42 bits per heavy atom. The van der Waals surface area contributed by atoms with E-state index in [0.717, 1.165) is 0 Å². The summed E-state index contributed by atoms with van der Waals surface area (Å²) in [5.41, 5.74) is -0.624. The first-order chi connectivity index (χ1) is 5.57. The molecule has 0 radical (unpaired) electrons. The predicted molar refractivity (Wildman–Crippen MR) is 49.0 cm³/mol. The summed E-state index contributed by atoms with van der Waals surface area (Å²) >= 11 is 3.97. The van der Waals surface area contributed by atoms with Crippen LogP contribution < -0.4 is 0 Å². The minimum atomic E-state index is -0.826. The van der Waals surface area contributed by atoms with E-state index in [1.807, 2.05) is 0 Å². The van der Waals surface area contributed by atoms with Crippen molar-refractivity contribution in [2.24, 2.45) is 0 Å². The first-order valence-corrected chi connectivity index (χ1v) is 4.40. The second-order valence-electron chi connectivity index (χ2n) is 3.09. The van der Waals surface area contributed by atoms with Gasteiger partial charge in [-0.25, -0.2) is 0 Å². The maximum absolute atomic E-state index is 9.45. The molecule has 0 aromatic rings. The van der Waals surface area contributed by atoms with Gasteiger partial charge in [0, 0.05) is 0 Å². The Morgan fingerprint density at radius 1 is 1.33 bits per heavy atom. The zero-order chi connectivity index (χ0) is 9.30. The van der Waals surface area contributed by atoms with Gasteiger partial charge < -0.3 is 20.1 Å². The molecule has 0 bridgehead atoms. The normalized spacial score (nSPS) is 49.2. The predicted octanol–water partition coefficient (Wildman–Crippen LogP) is -2.22. The maximum atomic E-state index is 9.45. The van der Waals surface area contributed by atoms with E-state index in [0.29, 0.717) is 0 Å². The summed E-state index contributed by atoms with van der Waals surface area (Å²) in [6.07, 6.45) is -2.24. The fourth-order valence-electron chi connectivity index (χ4n) is 1.29. The number of rotatable bonds is 1. The van der Waals surface area contributed by atoms with Gasteiger partial charge in [-0.1, -0.05) is 0 Å². The molecule has 1 rings (SSSR count). The number of aliphatic hydroxyl groups excluding tert-OH is 3. The van der Waals surface area contributed by atoms with E-state index < -0.39 is 23.7 Å². The minimum Gasteiger partial charge on any atom is -0.394 e. The Labute approximate surface area is 77.4 Å². The second-order valence-corrected chi connectivity index (χ2v) is 3.60. The quantitative estimate of drug-likeness (QED) is 0.280. The van der Waals surface area contributed by atoms with Gasteiger partial charge in [0.1, 0.15) is 19.4 Å². The van der Waals surface area contributed by atoms with Gasteiger partial charge in [-0.05, 0) is 5.82 Å². The summed E-state index contributed by atoms with van der Waals surface area (Å²) in [6.45, 7) is -0.255. The molecule has 4 nitrogen and oxygen atoms in total. The highest BCUT2D eigenvalue weighted by atomic mass is 32.1. The van der Waals surface area contributed by atoms with Crippen molar-refractivity contribution in [3.05, 3.63) is 0 Å². The third kappa shape index (κ3) is 1.77. The lowest BCUT2D eigenvalue weighted by Gasteiger charge is -2.39. The van der Waals surface area contributed by atoms with Crippen LogP contribution in [0, 0.1) is 0 Å². The third-order valence-corrected chi connectivity index (χ3v) is 2.67. The summed E-state index contributed by atoms with van der Waals surface area (Å²) in [6, 6.07) is 0. The van der Waals surface area contributed by atoms with Gasteiger partial charge >= 0.3 is 0 Å². The van der Waals surface area contributed by atoms with E-state index in [4.69, 9.17) is 9.84 Å². The van der Waals surface area contributed by atoms with Gasteiger partial charge in [-0.3, -0.25) is 0 Å². The molecule has 1 fully saturated rings. The average molecular weight is 192 g/mol. The molecule has 1 saturated heterocycles. The summed E-state index contributed by atoms with van der Waals surface area (Å²) in [7, 11) is 1.70. The van der Waals surface area contributed by atoms with Crippen LogP contribution in [0.2, 0.25) is 5.82 Å². The van der Waals surface area contributed by atoms with Gasteiger partial charge in [0.15, 0.2) is 0 Å². The van der Waals surface area contributed by atoms with Gasteiger partial charge in [0.25, 0.3) is 0 Å². The Balaban J connectivity index is 2.63. The molecule has 0 saturated carbocycles. The van der Waals surface area contributed by atoms with Crippen LogP contribution >= 0.6 is 12.6 Å². The first kappa shape index (κ1) is 10.3. The fraction of sp³-hybridized carbons (Fsp3) is 1.00. The van der Waals surface area contributed by atoms with Gasteiger partial charge in [0.05, 0.1) is 18.8 Å². The first-order valence-electron chi connectivity index (χ1n) is 3.88. The van der Waals surface area contributed by atoms with E-state index in [1.54, 1.807) is 7.85 Å². The average Bonchev–Trinajstić information content (AvgIpc) is 2.08. The third-order valence-electron chi connectivity index (χ3n) is 2.24. The lowest BCUT2D eigenvalue weighted by atomic mass is 9.75. The Kier molecular flexibility index (Phi) is 3.42. The summed E-state index contributed by atoms with van der Waals surface area (Å²) in [4.78, 5) is 0. The standard InChI is InChI=1S/C6H13BO4S/c7-3-4(9)2(1-8)11-6(12)5(3)10/h2-6,8-10,12H,1,7H2/t2?,3-,4-,5?,6-/m0/s1. The minimum absolute atomic E-state index is 0.255. The van der Waals surface area contributed by atoms with Crippen LogP contribution in [0.4, 0.5) is 0 Å². The number of aliphatic hydroxyl groups is 3. The largest absolute Gasteiger partial charge is 0.394 e. The number of ether oxygens (including phenoxy) is 1. The highest BCUT2D eigenvalue weighted by Crippen LogP contribution is 2.29. The SMILES string of the molecule is B[C@@H]1C(O)[C@H](S)OC(CO)[C@@H]1O. The lowest BCUT2D eigenvalue weighted by Crippen LogP contribution is -2.50. The second kappa shape index (κ2) is 3.98. The molecular formula is C6H13BO4S. The van der Waals surface area contributed by atoms with Crippen LogP contribution in [0.3, 0.4) is 0 Å². The number of hydrogen-bond donors (Lipinski definition) is 4. The molecule has 3 N–H and O–H groups in total. The molecule has 1 heterocycles. The van der Waals surface area contributed by atoms with Crippen molar-refractivity contribution in [1.82, 2.24) is 0 Å². The molecule has 0 aliphatic carbocycles. The van der Waals surface area contributed by atoms with E-state index in [1.165, 1.54) is 0 Å². The highest BCUT2D eigenvalue weighted by Gasteiger charge is 2.39. The van der Waals surface area contributed by atoms with E-state index in [9.17, 15) is 10.2 Å². The zero-order valence-corrected chi connectivity index (χ0v) is 7.69. The van der Waals surface area contributed by atoms with Crippen LogP contribution in [0.15, 0.2) is 0 Å². The summed E-state index contributed by atoms with van der Waals surface area (Å²) < 4.78 is 5.04. The van der Waals surface area contributed by atoms with Crippen molar-refractivity contribution in [2.45, 2.75) is 29.6 Å². The Morgan fingerprint density at radius 2 is 1.92 bits per heavy atom. The smallest absolute Gasteiger partial charge is 0.126 e. The number of thiol groups is 1. The van der Waals surface area contributed by atoms with E-state index in [2.05, 4.69) is 12.6 Å².